The van der Waals surface area contributed by atoms with E-state index in [9.17, 15) is 4.79 Å². The molecular formula is C25H36N6O. The van der Waals surface area contributed by atoms with Crippen LogP contribution in [-0.2, 0) is 4.79 Å². The Kier molecular flexibility index (Phi) is 6.37. The van der Waals surface area contributed by atoms with E-state index < -0.39 is 17.5 Å². The van der Waals surface area contributed by atoms with Crippen molar-refractivity contribution in [1.82, 2.24) is 0 Å². The molecule has 0 amide bonds. The van der Waals surface area contributed by atoms with Crippen molar-refractivity contribution >= 4 is 5.78 Å². The van der Waals surface area contributed by atoms with E-state index in [4.69, 9.17) is 16.6 Å². The molecular weight excluding hydrogens is 400 g/mol. The lowest BCUT2D eigenvalue weighted by Gasteiger charge is -2.49. The Morgan fingerprint density at radius 3 is 2.03 bits per heavy atom. The summed E-state index contributed by atoms with van der Waals surface area (Å²) in [6.07, 6.45) is 7.35. The minimum Gasteiger partial charge on any atom is -0.296 e. The highest BCUT2D eigenvalue weighted by atomic mass is 16.1. The van der Waals surface area contributed by atoms with Crippen LogP contribution < -0.4 is 0 Å². The van der Waals surface area contributed by atoms with Gasteiger partial charge in [-0.15, -0.1) is 0 Å². The number of benzene rings is 1. The van der Waals surface area contributed by atoms with Gasteiger partial charge in [0.1, 0.15) is 6.04 Å². The molecule has 0 saturated heterocycles. The van der Waals surface area contributed by atoms with Gasteiger partial charge in [-0.2, -0.15) is 15.3 Å². The Bertz CT molecular complexity index is 852. The number of rotatable bonds is 6. The highest BCUT2D eigenvalue weighted by Crippen LogP contribution is 2.60. The summed E-state index contributed by atoms with van der Waals surface area (Å²) in [5, 5.41) is 11.7. The van der Waals surface area contributed by atoms with Crippen LogP contribution in [0.2, 0.25) is 0 Å². The van der Waals surface area contributed by atoms with Crippen LogP contribution in [0.25, 0.3) is 0 Å². The minimum atomic E-state index is -0.875. The lowest BCUT2D eigenvalue weighted by atomic mass is 9.56. The quantitative estimate of drug-likeness (QED) is 0.410. The minimum absolute atomic E-state index is 0.0375. The predicted molar refractivity (Wildman–Crippen MR) is 121 cm³/mol. The van der Waals surface area contributed by atoms with E-state index in [1.165, 1.54) is 12.8 Å². The number of carbonyl (C=O) groups excluding carboxylic acids is 1. The van der Waals surface area contributed by atoms with Gasteiger partial charge in [-0.05, 0) is 74.7 Å². The van der Waals surface area contributed by atoms with Crippen molar-refractivity contribution in [3.05, 3.63) is 35.9 Å². The zero-order chi connectivity index (χ0) is 22.9. The molecule has 3 aliphatic carbocycles. The first-order chi connectivity index (χ1) is 15.4. The Labute approximate surface area is 190 Å². The van der Waals surface area contributed by atoms with Crippen LogP contribution in [0.15, 0.2) is 45.7 Å². The van der Waals surface area contributed by atoms with E-state index in [0.717, 1.165) is 37.2 Å². The second-order valence-electron chi connectivity index (χ2n) is 10.7. The Hall–Kier alpha value is -2.31. The molecule has 1 aromatic carbocycles. The number of nitrogens with one attached hydrogen (secondary N) is 3. The molecule has 7 heteroatoms. The molecule has 32 heavy (non-hydrogen) atoms. The van der Waals surface area contributed by atoms with E-state index >= 15 is 0 Å². The predicted octanol–water partition coefficient (Wildman–Crippen LogP) is 6.94. The van der Waals surface area contributed by atoms with E-state index in [-0.39, 0.29) is 17.2 Å². The number of nitrogens with zero attached hydrogens (tertiary/aromatic N) is 3. The molecule has 172 valence electrons. The molecule has 1 spiro atoms. The Morgan fingerprint density at radius 1 is 0.906 bits per heavy atom. The number of ketones is 1. The molecule has 7 nitrogen and oxygen atoms in total. The lowest BCUT2D eigenvalue weighted by Crippen LogP contribution is -2.47. The molecule has 0 heterocycles. The summed E-state index contributed by atoms with van der Waals surface area (Å²) in [6.45, 7) is 4.61. The van der Waals surface area contributed by atoms with Crippen molar-refractivity contribution in [1.29, 1.82) is 16.6 Å². The third-order valence-corrected chi connectivity index (χ3v) is 9.17. The van der Waals surface area contributed by atoms with Crippen LogP contribution in [0.1, 0.15) is 76.7 Å². The van der Waals surface area contributed by atoms with Gasteiger partial charge in [-0.1, -0.05) is 44.2 Å². The van der Waals surface area contributed by atoms with E-state index in [2.05, 4.69) is 29.2 Å². The zero-order valence-electron chi connectivity index (χ0n) is 19.3. The SMILES string of the molecule is CC(C)C1CCC(C2(N=N)CCC3(CC2)C(=O)C(N=N)C(N=N)C3c2ccccc2)CC1. The summed E-state index contributed by atoms with van der Waals surface area (Å²) >= 11 is 0. The van der Waals surface area contributed by atoms with Gasteiger partial charge < -0.3 is 0 Å². The Balaban J connectivity index is 1.62. The van der Waals surface area contributed by atoms with Crippen molar-refractivity contribution in [2.45, 2.75) is 88.8 Å². The summed E-state index contributed by atoms with van der Waals surface area (Å²) in [5.74, 6) is 1.60. The molecule has 3 N–H and O–H groups in total. The third kappa shape index (κ3) is 3.54. The van der Waals surface area contributed by atoms with Crippen molar-refractivity contribution in [3.8, 4) is 0 Å². The van der Waals surface area contributed by atoms with Gasteiger partial charge in [0, 0.05) is 11.3 Å². The smallest absolute Gasteiger partial charge is 0.168 e. The van der Waals surface area contributed by atoms with Crippen molar-refractivity contribution in [2.75, 3.05) is 0 Å². The average Bonchev–Trinajstić information content (AvgIpc) is 3.07. The van der Waals surface area contributed by atoms with Crippen LogP contribution in [0.4, 0.5) is 0 Å². The van der Waals surface area contributed by atoms with Crippen LogP contribution >= 0.6 is 0 Å². The number of hydrogen-bond donors (Lipinski definition) is 3. The Morgan fingerprint density at radius 2 is 1.53 bits per heavy atom. The van der Waals surface area contributed by atoms with Crippen molar-refractivity contribution < 1.29 is 4.79 Å². The lowest BCUT2D eigenvalue weighted by molar-refractivity contribution is -0.130. The maximum atomic E-state index is 13.6. The molecule has 0 bridgehead atoms. The molecule has 3 unspecified atom stereocenters. The molecule has 3 saturated carbocycles. The van der Waals surface area contributed by atoms with Crippen molar-refractivity contribution in [3.63, 3.8) is 0 Å². The normalized spacial score (nSPS) is 39.8. The van der Waals surface area contributed by atoms with Crippen LogP contribution in [0.3, 0.4) is 0 Å². The van der Waals surface area contributed by atoms with Gasteiger partial charge >= 0.3 is 0 Å². The summed E-state index contributed by atoms with van der Waals surface area (Å²) in [5.41, 5.74) is 23.6. The second-order valence-corrected chi connectivity index (χ2v) is 10.7. The maximum Gasteiger partial charge on any atom is 0.168 e. The standard InChI is InChI=1S/C25H36N6O/c1-16(2)17-8-10-19(11-9-17)25(31-28)14-12-24(13-15-25)20(18-6-4-3-5-7-18)21(29-26)22(30-27)23(24)32/h3-7,16-17,19-22,26-28H,8-15H2,1-2H3. The molecule has 0 radical (unpaired) electrons. The van der Waals surface area contributed by atoms with E-state index in [1.54, 1.807) is 0 Å². The van der Waals surface area contributed by atoms with E-state index in [0.29, 0.717) is 24.7 Å². The van der Waals surface area contributed by atoms with Gasteiger partial charge in [-0.3, -0.25) is 4.79 Å². The third-order valence-electron chi connectivity index (χ3n) is 9.17. The summed E-state index contributed by atoms with van der Waals surface area (Å²) in [4.78, 5) is 13.6. The summed E-state index contributed by atoms with van der Waals surface area (Å²) < 4.78 is 0. The van der Waals surface area contributed by atoms with Gasteiger partial charge in [0.25, 0.3) is 0 Å². The fourth-order valence-corrected chi connectivity index (χ4v) is 7.19. The molecule has 4 rings (SSSR count). The molecule has 0 aromatic heterocycles. The van der Waals surface area contributed by atoms with Crippen LogP contribution in [0.5, 0.6) is 0 Å². The first kappa shape index (κ1) is 22.9. The largest absolute Gasteiger partial charge is 0.296 e. The zero-order valence-corrected chi connectivity index (χ0v) is 19.3. The topological polar surface area (TPSA) is 126 Å². The highest BCUT2D eigenvalue weighted by Gasteiger charge is 2.63. The van der Waals surface area contributed by atoms with Crippen molar-refractivity contribution in [2.24, 2.45) is 38.5 Å². The van der Waals surface area contributed by atoms with Crippen LogP contribution in [0, 0.1) is 39.8 Å². The molecule has 3 aliphatic rings. The monoisotopic (exact) mass is 436 g/mol. The summed E-state index contributed by atoms with van der Waals surface area (Å²) in [7, 11) is 0. The van der Waals surface area contributed by atoms with Gasteiger partial charge in [-0.25, -0.2) is 16.6 Å². The number of carbonyl (C=O) groups is 1. The fraction of sp³-hybridized carbons (Fsp3) is 0.720. The molecule has 1 aromatic rings. The van der Waals surface area contributed by atoms with E-state index in [1.807, 2.05) is 30.3 Å². The summed E-state index contributed by atoms with van der Waals surface area (Å²) in [6, 6.07) is 8.38. The molecule has 0 aliphatic heterocycles. The van der Waals surface area contributed by atoms with Gasteiger partial charge in [0.15, 0.2) is 11.8 Å². The van der Waals surface area contributed by atoms with Crippen LogP contribution in [-0.4, -0.2) is 23.4 Å². The maximum absolute atomic E-state index is 13.6. The number of hydrogen-bond acceptors (Lipinski definition) is 7. The highest BCUT2D eigenvalue weighted by molar-refractivity contribution is 5.95. The van der Waals surface area contributed by atoms with Gasteiger partial charge in [0.2, 0.25) is 0 Å². The molecule has 3 atom stereocenters. The first-order valence-electron chi connectivity index (χ1n) is 12.1. The van der Waals surface area contributed by atoms with Gasteiger partial charge in [0.05, 0.1) is 5.54 Å². The average molecular weight is 437 g/mol. The molecule has 3 fully saturated rings. The fourth-order valence-electron chi connectivity index (χ4n) is 7.19. The number of Topliss-reactive ketones (excluding diaryl/α,β-unsaturated/α-hetero) is 1. The first-order valence-corrected chi connectivity index (χ1v) is 12.1. The second kappa shape index (κ2) is 8.91.